The molecule has 0 fully saturated rings. The number of aliphatic hydroxyl groups is 1. The maximum Gasteiger partial charge on any atom is 0.573 e. The van der Waals surface area contributed by atoms with Crippen LogP contribution in [0, 0.1) is 0 Å². The van der Waals surface area contributed by atoms with Gasteiger partial charge in [-0.15, -0.1) is 26.3 Å². The normalized spacial score (nSPS) is 12.4. The van der Waals surface area contributed by atoms with E-state index >= 15 is 0 Å². The first kappa shape index (κ1) is 14.4. The van der Waals surface area contributed by atoms with E-state index in [0.717, 1.165) is 6.07 Å². The quantitative estimate of drug-likeness (QED) is 0.862. The maximum atomic E-state index is 12.0. The molecule has 9 heteroatoms. The molecule has 0 bridgehead atoms. The van der Waals surface area contributed by atoms with Gasteiger partial charge >= 0.3 is 12.7 Å². The van der Waals surface area contributed by atoms with Gasteiger partial charge in [0, 0.05) is 0 Å². The second-order valence-electron chi connectivity index (χ2n) is 3.03. The van der Waals surface area contributed by atoms with Crippen molar-refractivity contribution >= 4 is 0 Å². The van der Waals surface area contributed by atoms with Gasteiger partial charge in [0.25, 0.3) is 0 Å². The number of aliphatic hydroxyl groups excluding tert-OH is 1. The Morgan fingerprint density at radius 2 is 1.39 bits per heavy atom. The van der Waals surface area contributed by atoms with Crippen molar-refractivity contribution in [3.05, 3.63) is 23.8 Å². The van der Waals surface area contributed by atoms with Crippen LogP contribution in [0.25, 0.3) is 0 Å². The van der Waals surface area contributed by atoms with Crippen LogP contribution in [0.5, 0.6) is 11.5 Å². The van der Waals surface area contributed by atoms with Crippen molar-refractivity contribution in [1.29, 1.82) is 0 Å². The fourth-order valence-electron chi connectivity index (χ4n) is 1.06. The summed E-state index contributed by atoms with van der Waals surface area (Å²) in [4.78, 5) is 0. The molecule has 1 aromatic carbocycles. The van der Waals surface area contributed by atoms with Gasteiger partial charge in [-0.25, -0.2) is 0 Å². The van der Waals surface area contributed by atoms with Crippen molar-refractivity contribution in [2.75, 3.05) is 0 Å². The third kappa shape index (κ3) is 4.70. The van der Waals surface area contributed by atoms with E-state index in [1.54, 1.807) is 0 Å². The Morgan fingerprint density at radius 1 is 0.889 bits per heavy atom. The van der Waals surface area contributed by atoms with Crippen molar-refractivity contribution in [2.24, 2.45) is 0 Å². The van der Waals surface area contributed by atoms with Crippen molar-refractivity contribution in [2.45, 2.75) is 19.3 Å². The first-order valence-electron chi connectivity index (χ1n) is 4.36. The Hall–Kier alpha value is -1.64. The van der Waals surface area contributed by atoms with Crippen LogP contribution in [-0.2, 0) is 6.61 Å². The molecular weight excluding hydrogens is 270 g/mol. The van der Waals surface area contributed by atoms with Gasteiger partial charge < -0.3 is 14.6 Å². The minimum absolute atomic E-state index is 0.0521. The highest BCUT2D eigenvalue weighted by Crippen LogP contribution is 2.36. The van der Waals surface area contributed by atoms with E-state index in [1.165, 1.54) is 0 Å². The number of rotatable bonds is 3. The fourth-order valence-corrected chi connectivity index (χ4v) is 1.06. The molecule has 0 aliphatic rings. The van der Waals surface area contributed by atoms with E-state index in [4.69, 9.17) is 5.11 Å². The van der Waals surface area contributed by atoms with Gasteiger partial charge in [-0.1, -0.05) is 6.07 Å². The van der Waals surface area contributed by atoms with Gasteiger partial charge in [-0.05, 0) is 17.7 Å². The molecule has 0 aliphatic carbocycles. The van der Waals surface area contributed by atoms with Gasteiger partial charge in [-0.2, -0.15) is 0 Å². The SMILES string of the molecule is OCc1ccc(OC(F)(F)F)c(OC(F)(F)F)c1. The molecule has 0 spiro atoms. The van der Waals surface area contributed by atoms with E-state index in [2.05, 4.69) is 9.47 Å². The molecule has 0 heterocycles. The van der Waals surface area contributed by atoms with Gasteiger partial charge in [0.15, 0.2) is 11.5 Å². The molecular formula is C9H6F6O3. The summed E-state index contributed by atoms with van der Waals surface area (Å²) in [5, 5.41) is 8.68. The molecule has 0 amide bonds. The van der Waals surface area contributed by atoms with Crippen LogP contribution >= 0.6 is 0 Å². The second-order valence-corrected chi connectivity index (χ2v) is 3.03. The molecule has 0 saturated carbocycles. The summed E-state index contributed by atoms with van der Waals surface area (Å²) in [6.45, 7) is -0.652. The zero-order valence-corrected chi connectivity index (χ0v) is 8.47. The van der Waals surface area contributed by atoms with Crippen LogP contribution in [0.15, 0.2) is 18.2 Å². The fraction of sp³-hybridized carbons (Fsp3) is 0.333. The zero-order valence-electron chi connectivity index (χ0n) is 8.47. The zero-order chi connectivity index (χ0) is 14.0. The van der Waals surface area contributed by atoms with Crippen molar-refractivity contribution in [1.82, 2.24) is 0 Å². The summed E-state index contributed by atoms with van der Waals surface area (Å²) in [5.74, 6) is -2.32. The van der Waals surface area contributed by atoms with Crippen molar-refractivity contribution in [3.63, 3.8) is 0 Å². The Labute approximate surface area is 96.5 Å². The van der Waals surface area contributed by atoms with E-state index in [1.807, 2.05) is 0 Å². The van der Waals surface area contributed by atoms with Gasteiger partial charge in [-0.3, -0.25) is 0 Å². The van der Waals surface area contributed by atoms with Crippen LogP contribution in [0.2, 0.25) is 0 Å². The van der Waals surface area contributed by atoms with Crippen molar-refractivity contribution in [3.8, 4) is 11.5 Å². The highest BCUT2D eigenvalue weighted by Gasteiger charge is 2.36. The van der Waals surface area contributed by atoms with E-state index in [0.29, 0.717) is 12.1 Å². The maximum absolute atomic E-state index is 12.0. The Bertz CT molecular complexity index is 412. The standard InChI is InChI=1S/C9H6F6O3/c10-8(11,12)17-6-2-1-5(4-16)3-7(6)18-9(13,14)15/h1-3,16H,4H2. The predicted octanol–water partition coefficient (Wildman–Crippen LogP) is 2.98. The molecule has 0 radical (unpaired) electrons. The Morgan fingerprint density at radius 3 is 1.83 bits per heavy atom. The molecule has 0 aliphatic heterocycles. The third-order valence-corrected chi connectivity index (χ3v) is 1.64. The molecule has 1 aromatic rings. The molecule has 18 heavy (non-hydrogen) atoms. The molecule has 1 N–H and O–H groups in total. The van der Waals surface area contributed by atoms with Crippen LogP contribution in [0.1, 0.15) is 5.56 Å². The Kier molecular flexibility index (Phi) is 3.95. The average molecular weight is 276 g/mol. The average Bonchev–Trinajstić information content (AvgIpc) is 2.16. The summed E-state index contributed by atoms with van der Waals surface area (Å²) in [7, 11) is 0. The number of hydrogen-bond acceptors (Lipinski definition) is 3. The summed E-state index contributed by atoms with van der Waals surface area (Å²) < 4.78 is 78.4. The van der Waals surface area contributed by atoms with E-state index in [9.17, 15) is 26.3 Å². The van der Waals surface area contributed by atoms with Gasteiger partial charge in [0.05, 0.1) is 6.61 Å². The number of hydrogen-bond donors (Lipinski definition) is 1. The number of ether oxygens (including phenoxy) is 2. The van der Waals surface area contributed by atoms with Crippen LogP contribution in [-0.4, -0.2) is 17.8 Å². The highest BCUT2D eigenvalue weighted by atomic mass is 19.4. The summed E-state index contributed by atoms with van der Waals surface area (Å²) in [5.41, 5.74) is -0.0521. The predicted molar refractivity (Wildman–Crippen MR) is 45.7 cm³/mol. The highest BCUT2D eigenvalue weighted by molar-refractivity contribution is 5.43. The largest absolute Gasteiger partial charge is 0.573 e. The lowest BCUT2D eigenvalue weighted by Gasteiger charge is -2.15. The van der Waals surface area contributed by atoms with Crippen LogP contribution < -0.4 is 9.47 Å². The number of halogens is 6. The summed E-state index contributed by atoms with van der Waals surface area (Å²) >= 11 is 0. The molecule has 0 saturated heterocycles. The molecule has 0 unspecified atom stereocenters. The van der Waals surface area contributed by atoms with Crippen molar-refractivity contribution < 1.29 is 40.9 Å². The Balaban J connectivity index is 3.08. The minimum Gasteiger partial charge on any atom is -0.402 e. The molecule has 0 atom stereocenters. The number of benzene rings is 1. The van der Waals surface area contributed by atoms with Gasteiger partial charge in [0.1, 0.15) is 0 Å². The smallest absolute Gasteiger partial charge is 0.402 e. The molecule has 1 rings (SSSR count). The third-order valence-electron chi connectivity index (χ3n) is 1.64. The topological polar surface area (TPSA) is 38.7 Å². The van der Waals surface area contributed by atoms with E-state index in [-0.39, 0.29) is 5.56 Å². The molecule has 3 nitrogen and oxygen atoms in total. The number of alkyl halides is 6. The van der Waals surface area contributed by atoms with E-state index < -0.39 is 30.8 Å². The lowest BCUT2D eigenvalue weighted by Crippen LogP contribution is -2.21. The summed E-state index contributed by atoms with van der Waals surface area (Å²) in [6, 6.07) is 2.21. The van der Waals surface area contributed by atoms with Gasteiger partial charge in [0.2, 0.25) is 0 Å². The lowest BCUT2D eigenvalue weighted by molar-refractivity contribution is -0.287. The first-order chi connectivity index (χ1) is 8.11. The monoisotopic (exact) mass is 276 g/mol. The van der Waals surface area contributed by atoms with Crippen LogP contribution in [0.3, 0.4) is 0 Å². The van der Waals surface area contributed by atoms with Crippen LogP contribution in [0.4, 0.5) is 26.3 Å². The molecule has 102 valence electrons. The second kappa shape index (κ2) is 4.92. The lowest BCUT2D eigenvalue weighted by atomic mass is 10.2. The minimum atomic E-state index is -5.17. The first-order valence-corrected chi connectivity index (χ1v) is 4.36. The molecule has 0 aromatic heterocycles. The summed E-state index contributed by atoms with van der Waals surface area (Å²) in [6.07, 6.45) is -10.3.